The quantitative estimate of drug-likeness (QED) is 0.0918. The molecule has 8 heterocycles. The van der Waals surface area contributed by atoms with E-state index in [1.807, 2.05) is 52.0 Å². The van der Waals surface area contributed by atoms with Crippen LogP contribution in [0.1, 0.15) is 81.4 Å². The van der Waals surface area contributed by atoms with Crippen molar-refractivity contribution in [3.8, 4) is 0 Å². The molecule has 0 bridgehead atoms. The van der Waals surface area contributed by atoms with E-state index in [9.17, 15) is 9.59 Å². The lowest BCUT2D eigenvalue weighted by molar-refractivity contribution is 0.0703. The molecule has 15 nitrogen and oxygen atoms in total. The van der Waals surface area contributed by atoms with E-state index in [2.05, 4.69) is 126 Å². The zero-order chi connectivity index (χ0) is 50.6. The summed E-state index contributed by atoms with van der Waals surface area (Å²) in [5.74, 6) is 0.658. The Morgan fingerprint density at radius 3 is 1.51 bits per heavy atom. The summed E-state index contributed by atoms with van der Waals surface area (Å²) in [6.07, 6.45) is 4.76. The zero-order valence-corrected chi connectivity index (χ0v) is 43.5. The SMILES string of the molecule is C[C@H]1CCN(c2ccccc2)C1.C[C@H]1CCNC1.Cc1nnc2sc(C(=O)N[C@H]3CCN(c4ccccc4)C3)c(N)c2c1C.Cc1nnc2sc(C(=O)O)c(N)c2c1C.N[C@H]1CCN(c2ccccc2)C1. The summed E-state index contributed by atoms with van der Waals surface area (Å²) < 4.78 is 0. The Bertz CT molecular complexity index is 2780. The summed E-state index contributed by atoms with van der Waals surface area (Å²) >= 11 is 2.37. The molecular formula is C54H70N12O3S2. The number of nitrogens with one attached hydrogen (secondary N) is 2. The molecule has 4 atom stereocenters. The maximum absolute atomic E-state index is 12.8. The lowest BCUT2D eigenvalue weighted by atomic mass is 10.1. The van der Waals surface area contributed by atoms with Crippen LogP contribution >= 0.6 is 22.7 Å². The van der Waals surface area contributed by atoms with Gasteiger partial charge in [-0.05, 0) is 126 Å². The topological polar surface area (TPSA) is 218 Å². The lowest BCUT2D eigenvalue weighted by Crippen LogP contribution is -2.37. The van der Waals surface area contributed by atoms with Crippen molar-refractivity contribution in [1.82, 2.24) is 31.0 Å². The highest BCUT2D eigenvalue weighted by atomic mass is 32.1. The molecule has 4 saturated heterocycles. The van der Waals surface area contributed by atoms with Crippen LogP contribution in [0.5, 0.6) is 0 Å². The van der Waals surface area contributed by atoms with Gasteiger partial charge in [-0.15, -0.1) is 32.9 Å². The highest BCUT2D eigenvalue weighted by Gasteiger charge is 2.27. The van der Waals surface area contributed by atoms with Gasteiger partial charge in [0.25, 0.3) is 5.91 Å². The molecule has 9 N–H and O–H groups in total. The number of nitrogens with two attached hydrogens (primary N) is 3. The van der Waals surface area contributed by atoms with Crippen LogP contribution < -0.4 is 42.5 Å². The molecule has 4 aliphatic heterocycles. The maximum Gasteiger partial charge on any atom is 0.348 e. The third kappa shape index (κ3) is 13.5. The van der Waals surface area contributed by atoms with E-state index in [1.54, 1.807) is 0 Å². The standard InChI is InChI=1S/C19H21N5OS.C11H15N.C10H14N2.C9H9N3O2S.C5H11N/c1-11-12(2)22-23-19-15(11)16(20)17(26-19)18(25)21-13-8-9-24(10-13)14-6-4-3-5-7-14;1-10-7-8-12(9-10)11-5-3-2-4-6-11;11-9-6-7-12(8-9)10-4-2-1-3-5-10;1-3-4(2)11-12-8-5(3)6(10)7(15-8)9(13)14;1-5-2-3-6-4-5/h3-7,13H,8-10,20H2,1-2H3,(H,21,25);2-6,10H,7-9H2,1H3;1-5,9H,6-8,11H2;10H2,1-2H3,(H,13,14);5-6H,2-4H2,1H3/t13-;10-;9-;;5-/m000.0/s1. The van der Waals surface area contributed by atoms with Crippen LogP contribution in [0.4, 0.5) is 28.4 Å². The number of aryl methyl sites for hydroxylation is 4. The molecule has 7 aromatic rings. The van der Waals surface area contributed by atoms with Crippen molar-refractivity contribution in [3.63, 3.8) is 0 Å². The van der Waals surface area contributed by atoms with Gasteiger partial charge < -0.3 is 47.6 Å². The summed E-state index contributed by atoms with van der Waals surface area (Å²) in [5, 5.41) is 33.1. The van der Waals surface area contributed by atoms with Gasteiger partial charge >= 0.3 is 5.97 Å². The van der Waals surface area contributed by atoms with Crippen molar-refractivity contribution in [2.45, 2.75) is 79.3 Å². The number of nitrogen functional groups attached to an aromatic ring is 2. The molecular weight excluding hydrogens is 929 g/mol. The number of amides is 1. The Morgan fingerprint density at radius 2 is 1.08 bits per heavy atom. The van der Waals surface area contributed by atoms with E-state index in [4.69, 9.17) is 22.3 Å². The van der Waals surface area contributed by atoms with E-state index in [0.29, 0.717) is 31.7 Å². The Hall–Kier alpha value is -6.40. The minimum atomic E-state index is -1.02. The van der Waals surface area contributed by atoms with Crippen molar-refractivity contribution in [1.29, 1.82) is 0 Å². The average molecular weight is 999 g/mol. The molecule has 0 saturated carbocycles. The summed E-state index contributed by atoms with van der Waals surface area (Å²) in [5.41, 5.74) is 26.0. The van der Waals surface area contributed by atoms with Crippen LogP contribution in [-0.4, -0.2) is 102 Å². The van der Waals surface area contributed by atoms with Crippen LogP contribution in [0.25, 0.3) is 20.4 Å². The number of rotatable bonds is 6. The first-order valence-corrected chi connectivity index (χ1v) is 26.3. The normalized spacial score (nSPS) is 19.2. The number of benzene rings is 3. The highest BCUT2D eigenvalue weighted by molar-refractivity contribution is 7.21. The van der Waals surface area contributed by atoms with Crippen molar-refractivity contribution in [2.75, 3.05) is 78.5 Å². The second-order valence-electron chi connectivity index (χ2n) is 19.0. The van der Waals surface area contributed by atoms with Gasteiger partial charge in [-0.2, -0.15) is 10.2 Å². The third-order valence-electron chi connectivity index (χ3n) is 13.5. The van der Waals surface area contributed by atoms with Crippen molar-refractivity contribution in [3.05, 3.63) is 123 Å². The lowest BCUT2D eigenvalue weighted by Gasteiger charge is -2.18. The van der Waals surface area contributed by atoms with E-state index < -0.39 is 5.97 Å². The number of fused-ring (bicyclic) bond motifs is 2. The molecule has 4 aliphatic rings. The summed E-state index contributed by atoms with van der Waals surface area (Å²) in [4.78, 5) is 32.7. The molecule has 71 heavy (non-hydrogen) atoms. The van der Waals surface area contributed by atoms with Crippen molar-refractivity contribution in [2.24, 2.45) is 17.6 Å². The minimum Gasteiger partial charge on any atom is -0.477 e. The first-order chi connectivity index (χ1) is 34.2. The van der Waals surface area contributed by atoms with Gasteiger partial charge in [-0.1, -0.05) is 68.4 Å². The van der Waals surface area contributed by atoms with Crippen molar-refractivity contribution >= 4 is 83.4 Å². The molecule has 1 amide bonds. The Morgan fingerprint density at radius 1 is 0.620 bits per heavy atom. The van der Waals surface area contributed by atoms with Gasteiger partial charge in [0.1, 0.15) is 19.4 Å². The smallest absolute Gasteiger partial charge is 0.348 e. The van der Waals surface area contributed by atoms with Crippen LogP contribution in [0.2, 0.25) is 0 Å². The number of carbonyl (C=O) groups is 2. The molecule has 3 aromatic carbocycles. The van der Waals surface area contributed by atoms with E-state index >= 15 is 0 Å². The van der Waals surface area contributed by atoms with Gasteiger partial charge in [0, 0.05) is 79.2 Å². The van der Waals surface area contributed by atoms with Crippen molar-refractivity contribution < 1.29 is 14.7 Å². The summed E-state index contributed by atoms with van der Waals surface area (Å²) in [6.45, 7) is 20.9. The summed E-state index contributed by atoms with van der Waals surface area (Å²) in [6, 6.07) is 31.9. The first-order valence-electron chi connectivity index (χ1n) is 24.6. The highest BCUT2D eigenvalue weighted by Crippen LogP contribution is 2.36. The number of hydrogen-bond acceptors (Lipinski definition) is 15. The molecule has 4 fully saturated rings. The predicted octanol–water partition coefficient (Wildman–Crippen LogP) is 8.86. The van der Waals surface area contributed by atoms with Crippen LogP contribution in [0.3, 0.4) is 0 Å². The third-order valence-corrected chi connectivity index (χ3v) is 15.7. The largest absolute Gasteiger partial charge is 0.477 e. The number of hydrogen-bond donors (Lipinski definition) is 6. The zero-order valence-electron chi connectivity index (χ0n) is 41.9. The molecule has 376 valence electrons. The van der Waals surface area contributed by atoms with Gasteiger partial charge in [-0.3, -0.25) is 4.79 Å². The number of carboxylic acids is 1. The number of aromatic carboxylic acids is 1. The van der Waals surface area contributed by atoms with E-state index in [0.717, 1.165) is 90.1 Å². The predicted molar refractivity (Wildman–Crippen MR) is 294 cm³/mol. The molecule has 0 radical (unpaired) electrons. The number of aromatic nitrogens is 4. The van der Waals surface area contributed by atoms with E-state index in [1.165, 1.54) is 67.4 Å². The number of carbonyl (C=O) groups excluding carboxylic acids is 1. The molecule has 4 aromatic heterocycles. The second-order valence-corrected chi connectivity index (χ2v) is 21.0. The van der Waals surface area contributed by atoms with Gasteiger partial charge in [0.2, 0.25) is 0 Å². The number of nitrogens with zero attached hydrogens (tertiary/aromatic N) is 7. The number of para-hydroxylation sites is 3. The average Bonchev–Trinajstić information content (AvgIpc) is 4.27. The Labute approximate surface area is 425 Å². The first kappa shape index (κ1) is 52.4. The van der Waals surface area contributed by atoms with Gasteiger partial charge in [0.15, 0.2) is 0 Å². The Balaban J connectivity index is 0.000000141. The fourth-order valence-corrected chi connectivity index (χ4v) is 11.0. The fraction of sp³-hybridized carbons (Fsp3) is 0.407. The molecule has 0 spiro atoms. The molecule has 17 heteroatoms. The van der Waals surface area contributed by atoms with Crippen LogP contribution in [0.15, 0.2) is 91.0 Å². The number of anilines is 5. The minimum absolute atomic E-state index is 0.112. The second kappa shape index (κ2) is 24.6. The van der Waals surface area contributed by atoms with Gasteiger partial charge in [0.05, 0.1) is 22.8 Å². The number of carboxylic acid groups (broad SMARTS) is 1. The molecule has 0 unspecified atom stereocenters. The maximum atomic E-state index is 12.8. The molecule has 0 aliphatic carbocycles. The number of thiophene rings is 2. The van der Waals surface area contributed by atoms with Gasteiger partial charge in [-0.25, -0.2) is 4.79 Å². The fourth-order valence-electron chi connectivity index (χ4n) is 9.08. The summed E-state index contributed by atoms with van der Waals surface area (Å²) in [7, 11) is 0. The van der Waals surface area contributed by atoms with E-state index in [-0.39, 0.29) is 22.5 Å². The van der Waals surface area contributed by atoms with Crippen LogP contribution in [0, 0.1) is 39.5 Å². The molecule has 11 rings (SSSR count). The monoisotopic (exact) mass is 999 g/mol. The Kier molecular flexibility index (Phi) is 18.2. The van der Waals surface area contributed by atoms with Crippen LogP contribution in [-0.2, 0) is 0 Å².